The van der Waals surface area contributed by atoms with Crippen LogP contribution in [0, 0.1) is 0 Å². The minimum atomic E-state index is -3.28. The summed E-state index contributed by atoms with van der Waals surface area (Å²) < 4.78 is 26.4. The summed E-state index contributed by atoms with van der Waals surface area (Å²) in [5.41, 5.74) is 0.574. The molecule has 2 aromatic rings. The van der Waals surface area contributed by atoms with Crippen molar-refractivity contribution in [3.8, 4) is 0 Å². The number of benzene rings is 1. The first-order valence-electron chi connectivity index (χ1n) is 8.75. The van der Waals surface area contributed by atoms with E-state index in [4.69, 9.17) is 0 Å². The fourth-order valence-corrected chi connectivity index (χ4v) is 4.44. The van der Waals surface area contributed by atoms with E-state index in [1.807, 2.05) is 11.0 Å². The van der Waals surface area contributed by atoms with Crippen molar-refractivity contribution in [3.63, 3.8) is 0 Å². The standard InChI is InChI=1S/C18H24N4O3S/c1-20-17(8-9-19-20)18(23)22-11-5-10-21(12-13-22)14-15-26(24,25)16-6-3-2-4-7-16/h2-4,6-9H,5,10-15H2,1H3. The molecule has 0 bridgehead atoms. The Kier molecular flexibility index (Phi) is 5.73. The number of carbonyl (C=O) groups excluding carboxylic acids is 1. The van der Waals surface area contributed by atoms with Gasteiger partial charge in [0.25, 0.3) is 5.91 Å². The van der Waals surface area contributed by atoms with E-state index in [0.717, 1.165) is 13.0 Å². The van der Waals surface area contributed by atoms with Gasteiger partial charge in [-0.05, 0) is 31.2 Å². The zero-order valence-corrected chi connectivity index (χ0v) is 15.7. The Bertz CT molecular complexity index is 848. The zero-order chi connectivity index (χ0) is 18.6. The van der Waals surface area contributed by atoms with Gasteiger partial charge in [-0.3, -0.25) is 9.48 Å². The van der Waals surface area contributed by atoms with Gasteiger partial charge in [0, 0.05) is 39.4 Å². The summed E-state index contributed by atoms with van der Waals surface area (Å²) in [7, 11) is -1.52. The van der Waals surface area contributed by atoms with Crippen LogP contribution < -0.4 is 0 Å². The number of sulfone groups is 1. The maximum Gasteiger partial charge on any atom is 0.272 e. The number of rotatable bonds is 5. The van der Waals surface area contributed by atoms with E-state index in [1.54, 1.807) is 48.3 Å². The number of amides is 1. The molecule has 1 aromatic carbocycles. The van der Waals surface area contributed by atoms with E-state index in [0.29, 0.717) is 36.8 Å². The average Bonchev–Trinajstić information content (AvgIpc) is 2.93. The molecule has 7 nitrogen and oxygen atoms in total. The molecule has 0 spiro atoms. The second-order valence-electron chi connectivity index (χ2n) is 6.46. The number of aromatic nitrogens is 2. The molecule has 140 valence electrons. The van der Waals surface area contributed by atoms with E-state index in [1.165, 1.54) is 0 Å². The molecule has 8 heteroatoms. The highest BCUT2D eigenvalue weighted by Crippen LogP contribution is 2.12. The van der Waals surface area contributed by atoms with Crippen LogP contribution in [0.15, 0.2) is 47.5 Å². The first kappa shape index (κ1) is 18.6. The summed E-state index contributed by atoms with van der Waals surface area (Å²) in [6.45, 7) is 3.21. The normalized spacial score (nSPS) is 16.4. The van der Waals surface area contributed by atoms with Gasteiger partial charge in [-0.15, -0.1) is 0 Å². The number of hydrogen-bond donors (Lipinski definition) is 0. The van der Waals surface area contributed by atoms with Crippen molar-refractivity contribution in [1.82, 2.24) is 19.6 Å². The van der Waals surface area contributed by atoms with Crippen LogP contribution in [0.2, 0.25) is 0 Å². The fraction of sp³-hybridized carbons (Fsp3) is 0.444. The highest BCUT2D eigenvalue weighted by Gasteiger charge is 2.23. The molecule has 0 unspecified atom stereocenters. The second kappa shape index (κ2) is 8.01. The molecule has 1 aliphatic rings. The molecular weight excluding hydrogens is 352 g/mol. The lowest BCUT2D eigenvalue weighted by atomic mass is 10.3. The molecule has 1 saturated heterocycles. The molecule has 1 amide bonds. The van der Waals surface area contributed by atoms with Gasteiger partial charge in [-0.2, -0.15) is 5.10 Å². The predicted molar refractivity (Wildman–Crippen MR) is 98.7 cm³/mol. The van der Waals surface area contributed by atoms with Crippen LogP contribution in [0.5, 0.6) is 0 Å². The summed E-state index contributed by atoms with van der Waals surface area (Å²) >= 11 is 0. The first-order valence-corrected chi connectivity index (χ1v) is 10.4. The summed E-state index contributed by atoms with van der Waals surface area (Å²) in [6, 6.07) is 10.3. The molecule has 0 saturated carbocycles. The Morgan fingerprint density at radius 3 is 2.54 bits per heavy atom. The third kappa shape index (κ3) is 4.31. The quantitative estimate of drug-likeness (QED) is 0.779. The molecule has 1 aliphatic heterocycles. The van der Waals surface area contributed by atoms with Crippen molar-refractivity contribution >= 4 is 15.7 Å². The lowest BCUT2D eigenvalue weighted by molar-refractivity contribution is 0.0750. The highest BCUT2D eigenvalue weighted by molar-refractivity contribution is 7.91. The minimum Gasteiger partial charge on any atom is -0.336 e. The topological polar surface area (TPSA) is 75.5 Å². The second-order valence-corrected chi connectivity index (χ2v) is 8.57. The third-order valence-corrected chi connectivity index (χ3v) is 6.40. The van der Waals surface area contributed by atoms with Gasteiger partial charge >= 0.3 is 0 Å². The summed E-state index contributed by atoms with van der Waals surface area (Å²) in [5, 5.41) is 4.05. The van der Waals surface area contributed by atoms with E-state index >= 15 is 0 Å². The smallest absolute Gasteiger partial charge is 0.272 e. The Hall–Kier alpha value is -2.19. The van der Waals surface area contributed by atoms with Gasteiger partial charge in [0.15, 0.2) is 9.84 Å². The molecule has 1 fully saturated rings. The first-order chi connectivity index (χ1) is 12.5. The fourth-order valence-electron chi connectivity index (χ4n) is 3.14. The summed E-state index contributed by atoms with van der Waals surface area (Å²) in [4.78, 5) is 16.9. The van der Waals surface area contributed by atoms with E-state index in [2.05, 4.69) is 10.00 Å². The van der Waals surface area contributed by atoms with Gasteiger partial charge in [-0.1, -0.05) is 18.2 Å². The van der Waals surface area contributed by atoms with Crippen LogP contribution in [-0.2, 0) is 16.9 Å². The lowest BCUT2D eigenvalue weighted by Crippen LogP contribution is -2.37. The molecule has 3 rings (SSSR count). The van der Waals surface area contributed by atoms with Crippen molar-refractivity contribution < 1.29 is 13.2 Å². The molecule has 0 radical (unpaired) electrons. The Morgan fingerprint density at radius 1 is 1.08 bits per heavy atom. The van der Waals surface area contributed by atoms with Crippen molar-refractivity contribution in [1.29, 1.82) is 0 Å². The molecule has 0 N–H and O–H groups in total. The maximum absolute atomic E-state index is 12.6. The number of hydrogen-bond acceptors (Lipinski definition) is 5. The lowest BCUT2D eigenvalue weighted by Gasteiger charge is -2.22. The number of nitrogens with zero attached hydrogens (tertiary/aromatic N) is 4. The minimum absolute atomic E-state index is 0.0243. The molecular formula is C18H24N4O3S. The van der Waals surface area contributed by atoms with Crippen LogP contribution in [0.25, 0.3) is 0 Å². The van der Waals surface area contributed by atoms with Crippen molar-refractivity contribution in [2.24, 2.45) is 7.05 Å². The Morgan fingerprint density at radius 2 is 1.85 bits per heavy atom. The van der Waals surface area contributed by atoms with Crippen molar-refractivity contribution in [2.75, 3.05) is 38.5 Å². The van der Waals surface area contributed by atoms with Gasteiger partial charge in [0.1, 0.15) is 5.69 Å². The SMILES string of the molecule is Cn1nccc1C(=O)N1CCCN(CCS(=O)(=O)c2ccccc2)CC1. The predicted octanol–water partition coefficient (Wildman–Crippen LogP) is 1.04. The number of carbonyl (C=O) groups is 1. The van der Waals surface area contributed by atoms with Crippen LogP contribution >= 0.6 is 0 Å². The van der Waals surface area contributed by atoms with Crippen LogP contribution in [-0.4, -0.2) is 72.4 Å². The van der Waals surface area contributed by atoms with E-state index < -0.39 is 9.84 Å². The van der Waals surface area contributed by atoms with Crippen molar-refractivity contribution in [3.05, 3.63) is 48.3 Å². The van der Waals surface area contributed by atoms with Crippen LogP contribution in [0.3, 0.4) is 0 Å². The average molecular weight is 376 g/mol. The number of aryl methyl sites for hydroxylation is 1. The van der Waals surface area contributed by atoms with Gasteiger partial charge in [0.05, 0.1) is 10.6 Å². The van der Waals surface area contributed by atoms with Gasteiger partial charge < -0.3 is 9.80 Å². The summed E-state index contributed by atoms with van der Waals surface area (Å²) in [6.07, 6.45) is 2.45. The molecule has 2 heterocycles. The van der Waals surface area contributed by atoms with Crippen molar-refractivity contribution in [2.45, 2.75) is 11.3 Å². The molecule has 0 aliphatic carbocycles. The Labute approximate surface area is 154 Å². The van der Waals surface area contributed by atoms with Gasteiger partial charge in [-0.25, -0.2) is 8.42 Å². The van der Waals surface area contributed by atoms with E-state index in [-0.39, 0.29) is 11.7 Å². The Balaban J connectivity index is 1.56. The largest absolute Gasteiger partial charge is 0.336 e. The monoisotopic (exact) mass is 376 g/mol. The van der Waals surface area contributed by atoms with Crippen LogP contribution in [0.4, 0.5) is 0 Å². The van der Waals surface area contributed by atoms with Gasteiger partial charge in [0.2, 0.25) is 0 Å². The summed E-state index contributed by atoms with van der Waals surface area (Å²) in [5.74, 6) is 0.0657. The molecule has 26 heavy (non-hydrogen) atoms. The zero-order valence-electron chi connectivity index (χ0n) is 14.9. The van der Waals surface area contributed by atoms with E-state index in [9.17, 15) is 13.2 Å². The molecule has 1 aromatic heterocycles. The van der Waals surface area contributed by atoms with Crippen LogP contribution in [0.1, 0.15) is 16.9 Å². The highest BCUT2D eigenvalue weighted by atomic mass is 32.2. The third-order valence-electron chi connectivity index (χ3n) is 4.69. The molecule has 0 atom stereocenters. The maximum atomic E-state index is 12.6.